The minimum absolute atomic E-state index is 0.0974. The minimum Gasteiger partial charge on any atom is -0.423 e. The molecule has 71 heavy (non-hydrogen) atoms. The van der Waals surface area contributed by atoms with Crippen molar-refractivity contribution in [2.75, 3.05) is 0 Å². The molecule has 0 aliphatic rings. The Hall–Kier alpha value is -9.56. The van der Waals surface area contributed by atoms with E-state index < -0.39 is 47.5 Å². The van der Waals surface area contributed by atoms with Crippen LogP contribution in [0.25, 0.3) is 44.5 Å². The van der Waals surface area contributed by atoms with Crippen molar-refractivity contribution >= 4 is 35.8 Å². The summed E-state index contributed by atoms with van der Waals surface area (Å²) in [5.74, 6) is -3.63. The molecule has 0 heterocycles. The van der Waals surface area contributed by atoms with Gasteiger partial charge in [-0.3, -0.25) is 0 Å². The smallest absolute Gasteiger partial charge is 0.338 e. The van der Waals surface area contributed by atoms with Gasteiger partial charge in [0.25, 0.3) is 0 Å². The largest absolute Gasteiger partial charge is 0.423 e. The van der Waals surface area contributed by atoms with E-state index in [9.17, 15) is 28.8 Å². The van der Waals surface area contributed by atoms with Crippen LogP contribution in [-0.4, -0.2) is 35.8 Å². The number of benzene rings is 6. The quantitative estimate of drug-likeness (QED) is 0.0514. The molecule has 0 radical (unpaired) electrons. The number of hydrogen-bond donors (Lipinski definition) is 0. The van der Waals surface area contributed by atoms with Gasteiger partial charge in [0, 0.05) is 57.2 Å². The van der Waals surface area contributed by atoms with Crippen LogP contribution in [-0.2, 0) is 28.8 Å². The third-order valence-corrected chi connectivity index (χ3v) is 9.62. The molecule has 0 aliphatic heterocycles. The van der Waals surface area contributed by atoms with Crippen molar-refractivity contribution in [3.05, 3.63) is 207 Å². The van der Waals surface area contributed by atoms with Crippen molar-refractivity contribution in [2.45, 2.75) is 20.8 Å². The molecule has 0 bridgehead atoms. The fourth-order valence-electron chi connectivity index (χ4n) is 6.02. The summed E-state index contributed by atoms with van der Waals surface area (Å²) < 4.78 is 61.8. The van der Waals surface area contributed by atoms with Gasteiger partial charge in [0.1, 0.15) is 46.1 Å². The van der Waals surface area contributed by atoms with Gasteiger partial charge in [0.05, 0.1) is 0 Å². The molecule has 0 spiro atoms. The summed E-state index contributed by atoms with van der Waals surface area (Å²) in [6.45, 7) is 25.3. The highest BCUT2D eigenvalue weighted by atomic mass is 19.1. The second-order valence-electron chi connectivity index (χ2n) is 15.1. The second-order valence-corrected chi connectivity index (χ2v) is 15.1. The number of ether oxygens (including phenoxy) is 6. The van der Waals surface area contributed by atoms with E-state index in [0.717, 1.165) is 18.2 Å². The van der Waals surface area contributed by atoms with Gasteiger partial charge in [-0.1, -0.05) is 88.0 Å². The Balaban J connectivity index is 0.000000264. The molecule has 14 heteroatoms. The van der Waals surface area contributed by atoms with Gasteiger partial charge in [0.15, 0.2) is 0 Å². The Kier molecular flexibility index (Phi) is 17.7. The highest BCUT2D eigenvalue weighted by molar-refractivity contribution is 5.92. The Morgan fingerprint density at radius 1 is 0.366 bits per heavy atom. The van der Waals surface area contributed by atoms with Crippen LogP contribution in [0.2, 0.25) is 0 Å². The fraction of sp³-hybridized carbons (Fsp3) is 0.0526. The second kappa shape index (κ2) is 23.9. The number of carbonyl (C=O) groups is 6. The van der Waals surface area contributed by atoms with E-state index in [1.807, 2.05) is 0 Å². The molecule has 0 saturated carbocycles. The van der Waals surface area contributed by atoms with Crippen molar-refractivity contribution in [2.24, 2.45) is 0 Å². The molecule has 0 amide bonds. The number of halogens is 2. The standard InChI is InChI=1S/C29H23FO6.C28H21FO6/c1-6-27(31)34-21-11-7-19(8-12-21)23-16-26(36-29(33)18(4)5)24(15-25(23)30)20-9-13-22(14-10-20)35-28(32)17(2)3;1-5-26(30)33-20-11-7-18(8-12-20)22-16-25(35-27(31)6-2)23(15-24(22)29)19-9-13-21(14-10-19)34-28(32)17(3)4/h6-16H,1-2,4H2,3,5H3;5-16H,1-3H2,4H3. The van der Waals surface area contributed by atoms with Crippen LogP contribution in [0.3, 0.4) is 0 Å². The average molecular weight is 959 g/mol. The molecule has 0 N–H and O–H groups in total. The lowest BCUT2D eigenvalue weighted by atomic mass is 9.98. The first-order chi connectivity index (χ1) is 33.8. The maximum Gasteiger partial charge on any atom is 0.338 e. The SMILES string of the molecule is C=CC(=O)Oc1ccc(-c2cc(OC(=O)C(=C)C)c(-c3ccc(OC(=O)C(=C)C)cc3)cc2F)cc1.C=CC(=O)Oc1ccc(-c2cc(OC(=O)C=C)c(-c3ccc(OC(=O)C(=C)C)cc3)cc2F)cc1. The minimum atomic E-state index is -0.720. The topological polar surface area (TPSA) is 158 Å². The van der Waals surface area contributed by atoms with Crippen LogP contribution in [0, 0.1) is 11.6 Å². The Labute approximate surface area is 407 Å². The van der Waals surface area contributed by atoms with Crippen molar-refractivity contribution in [1.82, 2.24) is 0 Å². The third-order valence-electron chi connectivity index (χ3n) is 9.62. The van der Waals surface area contributed by atoms with E-state index in [1.54, 1.807) is 48.5 Å². The first kappa shape index (κ1) is 52.4. The summed E-state index contributed by atoms with van der Waals surface area (Å²) in [6, 6.07) is 30.1. The monoisotopic (exact) mass is 958 g/mol. The third kappa shape index (κ3) is 14.2. The Morgan fingerprint density at radius 2 is 0.620 bits per heavy atom. The summed E-state index contributed by atoms with van der Waals surface area (Å²) in [4.78, 5) is 70.5. The van der Waals surface area contributed by atoms with Crippen molar-refractivity contribution in [1.29, 1.82) is 0 Å². The molecule has 0 aliphatic carbocycles. The maximum absolute atomic E-state index is 15.3. The Bertz CT molecular complexity index is 3110. The van der Waals surface area contributed by atoms with Gasteiger partial charge < -0.3 is 28.4 Å². The van der Waals surface area contributed by atoms with Crippen LogP contribution >= 0.6 is 0 Å². The van der Waals surface area contributed by atoms with Crippen LogP contribution < -0.4 is 28.4 Å². The molecule has 0 atom stereocenters. The predicted molar refractivity (Wildman–Crippen MR) is 263 cm³/mol. The van der Waals surface area contributed by atoms with Gasteiger partial charge in [-0.25, -0.2) is 37.5 Å². The molecular formula is C57H44F2O12. The summed E-state index contributed by atoms with van der Waals surface area (Å²) >= 11 is 0. The molecule has 0 saturated heterocycles. The van der Waals surface area contributed by atoms with Gasteiger partial charge in [-0.05, 0) is 116 Å². The first-order valence-electron chi connectivity index (χ1n) is 21.0. The number of esters is 6. The first-order valence-corrected chi connectivity index (χ1v) is 21.0. The van der Waals surface area contributed by atoms with Crippen LogP contribution in [0.4, 0.5) is 8.78 Å². The summed E-state index contributed by atoms with van der Waals surface area (Å²) in [7, 11) is 0. The van der Waals surface area contributed by atoms with Gasteiger partial charge >= 0.3 is 35.8 Å². The lowest BCUT2D eigenvalue weighted by molar-refractivity contribution is -0.130. The van der Waals surface area contributed by atoms with E-state index in [0.29, 0.717) is 33.4 Å². The molecule has 12 nitrogen and oxygen atoms in total. The molecule has 6 aromatic rings. The van der Waals surface area contributed by atoms with E-state index in [1.165, 1.54) is 93.6 Å². The normalized spacial score (nSPS) is 10.2. The number of carbonyl (C=O) groups excluding carboxylic acids is 6. The predicted octanol–water partition coefficient (Wildman–Crippen LogP) is 12.0. The molecule has 358 valence electrons. The molecule has 0 aromatic heterocycles. The zero-order valence-corrected chi connectivity index (χ0v) is 38.7. The van der Waals surface area contributed by atoms with Crippen molar-refractivity contribution in [3.63, 3.8) is 0 Å². The summed E-state index contributed by atoms with van der Waals surface area (Å²) in [5, 5.41) is 0. The van der Waals surface area contributed by atoms with Gasteiger partial charge in [0.2, 0.25) is 0 Å². The molecule has 6 rings (SSSR count). The van der Waals surface area contributed by atoms with Gasteiger partial charge in [-0.15, -0.1) is 0 Å². The Morgan fingerprint density at radius 3 is 0.915 bits per heavy atom. The maximum atomic E-state index is 15.3. The van der Waals surface area contributed by atoms with Crippen LogP contribution in [0.15, 0.2) is 196 Å². The highest BCUT2D eigenvalue weighted by Crippen LogP contribution is 2.40. The number of rotatable bonds is 16. The highest BCUT2D eigenvalue weighted by Gasteiger charge is 2.20. The summed E-state index contributed by atoms with van der Waals surface area (Å²) in [6.07, 6.45) is 3.06. The molecule has 0 fully saturated rings. The van der Waals surface area contributed by atoms with E-state index in [-0.39, 0.29) is 62.3 Å². The van der Waals surface area contributed by atoms with E-state index in [2.05, 4.69) is 39.5 Å². The zero-order chi connectivity index (χ0) is 51.9. The lowest BCUT2D eigenvalue weighted by Crippen LogP contribution is -2.09. The molecular weight excluding hydrogens is 915 g/mol. The average Bonchev–Trinajstić information content (AvgIpc) is 3.35. The van der Waals surface area contributed by atoms with Crippen molar-refractivity contribution in [3.8, 4) is 79.0 Å². The molecule has 0 unspecified atom stereocenters. The lowest BCUT2D eigenvalue weighted by Gasteiger charge is -2.14. The van der Waals surface area contributed by atoms with Crippen molar-refractivity contribution < 1.29 is 66.0 Å². The van der Waals surface area contributed by atoms with E-state index in [4.69, 9.17) is 28.4 Å². The van der Waals surface area contributed by atoms with Crippen LogP contribution in [0.5, 0.6) is 34.5 Å². The van der Waals surface area contributed by atoms with Gasteiger partial charge in [-0.2, -0.15) is 0 Å². The molecule has 6 aromatic carbocycles. The van der Waals surface area contributed by atoms with Crippen LogP contribution in [0.1, 0.15) is 20.8 Å². The zero-order valence-electron chi connectivity index (χ0n) is 38.7. The van der Waals surface area contributed by atoms with E-state index >= 15 is 8.78 Å². The fourth-order valence-corrected chi connectivity index (χ4v) is 6.02. The number of hydrogen-bond acceptors (Lipinski definition) is 12. The summed E-state index contributed by atoms with van der Waals surface area (Å²) in [5.41, 5.74) is 3.56.